The van der Waals surface area contributed by atoms with Gasteiger partial charge in [0.2, 0.25) is 5.91 Å². The van der Waals surface area contributed by atoms with E-state index in [0.717, 1.165) is 38.5 Å². The van der Waals surface area contributed by atoms with Crippen LogP contribution in [0, 0.1) is 0 Å². The zero-order valence-electron chi connectivity index (χ0n) is 11.7. The summed E-state index contributed by atoms with van der Waals surface area (Å²) in [4.78, 5) is 11.7. The van der Waals surface area contributed by atoms with E-state index in [-0.39, 0.29) is 18.0 Å². The van der Waals surface area contributed by atoms with Crippen LogP contribution < -0.4 is 22.5 Å². The number of hydrogen-bond acceptors (Lipinski definition) is 4. The second-order valence-corrected chi connectivity index (χ2v) is 5.00. The third kappa shape index (κ3) is 10.5. The summed E-state index contributed by atoms with van der Waals surface area (Å²) in [5.41, 5.74) is 16.7. The Balaban J connectivity index is 3.61. The molecular formula is C13H30N4O. The van der Waals surface area contributed by atoms with Crippen LogP contribution >= 0.6 is 0 Å². The molecule has 2 unspecified atom stereocenters. The predicted molar refractivity (Wildman–Crippen MR) is 76.0 cm³/mol. The maximum atomic E-state index is 11.7. The normalized spacial score (nSPS) is 14.2. The number of hydrogen-bond donors (Lipinski definition) is 4. The number of nitrogens with two attached hydrogens (primary N) is 3. The molecule has 108 valence electrons. The summed E-state index contributed by atoms with van der Waals surface area (Å²) < 4.78 is 0. The van der Waals surface area contributed by atoms with Crippen molar-refractivity contribution in [2.45, 2.75) is 64.0 Å². The zero-order valence-corrected chi connectivity index (χ0v) is 11.7. The molecule has 0 saturated carbocycles. The SMILES string of the molecule is CC(CCCCN)NC(=O)CC(N)CCCCN. The van der Waals surface area contributed by atoms with Crippen LogP contribution in [0.3, 0.4) is 0 Å². The Hall–Kier alpha value is -0.650. The van der Waals surface area contributed by atoms with Gasteiger partial charge in [-0.2, -0.15) is 0 Å². The van der Waals surface area contributed by atoms with Crippen LogP contribution in [0.4, 0.5) is 0 Å². The van der Waals surface area contributed by atoms with Crippen molar-refractivity contribution in [3.8, 4) is 0 Å². The summed E-state index contributed by atoms with van der Waals surface area (Å²) in [6, 6.07) is 0.160. The summed E-state index contributed by atoms with van der Waals surface area (Å²) in [6.07, 6.45) is 6.30. The highest BCUT2D eigenvalue weighted by Crippen LogP contribution is 2.03. The number of unbranched alkanes of at least 4 members (excludes halogenated alkanes) is 2. The van der Waals surface area contributed by atoms with E-state index in [1.807, 2.05) is 6.92 Å². The molecule has 0 aromatic heterocycles. The second kappa shape index (κ2) is 11.4. The first-order valence-corrected chi connectivity index (χ1v) is 7.05. The van der Waals surface area contributed by atoms with Crippen molar-refractivity contribution in [1.29, 1.82) is 0 Å². The van der Waals surface area contributed by atoms with Gasteiger partial charge in [0.1, 0.15) is 0 Å². The topological polar surface area (TPSA) is 107 Å². The highest BCUT2D eigenvalue weighted by atomic mass is 16.1. The molecule has 0 aliphatic heterocycles. The molecular weight excluding hydrogens is 228 g/mol. The molecule has 0 aromatic rings. The van der Waals surface area contributed by atoms with Gasteiger partial charge in [-0.3, -0.25) is 4.79 Å². The minimum absolute atomic E-state index is 0.0483. The summed E-state index contributed by atoms with van der Waals surface area (Å²) in [5, 5.41) is 2.98. The van der Waals surface area contributed by atoms with Crippen LogP contribution in [0.2, 0.25) is 0 Å². The van der Waals surface area contributed by atoms with Gasteiger partial charge in [-0.15, -0.1) is 0 Å². The molecule has 5 nitrogen and oxygen atoms in total. The third-order valence-corrected chi connectivity index (χ3v) is 2.98. The van der Waals surface area contributed by atoms with Gasteiger partial charge >= 0.3 is 0 Å². The molecule has 0 bridgehead atoms. The number of amides is 1. The Bertz CT molecular complexity index is 191. The van der Waals surface area contributed by atoms with Gasteiger partial charge in [-0.25, -0.2) is 0 Å². The van der Waals surface area contributed by atoms with Gasteiger partial charge in [0.25, 0.3) is 0 Å². The fraction of sp³-hybridized carbons (Fsp3) is 0.923. The summed E-state index contributed by atoms with van der Waals surface area (Å²) in [7, 11) is 0. The van der Waals surface area contributed by atoms with E-state index in [2.05, 4.69) is 5.32 Å². The van der Waals surface area contributed by atoms with E-state index in [1.165, 1.54) is 0 Å². The quantitative estimate of drug-likeness (QED) is 0.404. The van der Waals surface area contributed by atoms with Crippen LogP contribution in [-0.4, -0.2) is 31.1 Å². The van der Waals surface area contributed by atoms with Crippen LogP contribution in [0.5, 0.6) is 0 Å². The summed E-state index contributed by atoms with van der Waals surface area (Å²) in [6.45, 7) is 3.43. The second-order valence-electron chi connectivity index (χ2n) is 5.00. The number of rotatable bonds is 11. The first kappa shape index (κ1) is 17.4. The van der Waals surface area contributed by atoms with E-state index in [1.54, 1.807) is 0 Å². The molecule has 0 fully saturated rings. The molecule has 0 spiro atoms. The lowest BCUT2D eigenvalue weighted by Crippen LogP contribution is -2.36. The molecule has 7 N–H and O–H groups in total. The number of carbonyl (C=O) groups is 1. The number of nitrogens with one attached hydrogen (secondary N) is 1. The van der Waals surface area contributed by atoms with Crippen LogP contribution in [-0.2, 0) is 4.79 Å². The Labute approximate surface area is 111 Å². The van der Waals surface area contributed by atoms with Crippen molar-refractivity contribution >= 4 is 5.91 Å². The monoisotopic (exact) mass is 258 g/mol. The average molecular weight is 258 g/mol. The molecule has 1 amide bonds. The highest BCUT2D eigenvalue weighted by molar-refractivity contribution is 5.76. The van der Waals surface area contributed by atoms with Crippen LogP contribution in [0.25, 0.3) is 0 Å². The van der Waals surface area contributed by atoms with Crippen molar-refractivity contribution in [3.05, 3.63) is 0 Å². The minimum Gasteiger partial charge on any atom is -0.354 e. The summed E-state index contributed by atoms with van der Waals surface area (Å²) in [5.74, 6) is 0.0514. The first-order chi connectivity index (χ1) is 8.60. The lowest BCUT2D eigenvalue weighted by Gasteiger charge is -2.16. The van der Waals surface area contributed by atoms with E-state index in [4.69, 9.17) is 17.2 Å². The lowest BCUT2D eigenvalue weighted by atomic mass is 10.1. The van der Waals surface area contributed by atoms with Crippen molar-refractivity contribution in [2.24, 2.45) is 17.2 Å². The van der Waals surface area contributed by atoms with Gasteiger partial charge < -0.3 is 22.5 Å². The molecule has 0 aromatic carbocycles. The maximum Gasteiger partial charge on any atom is 0.221 e. The molecule has 0 rings (SSSR count). The molecule has 2 atom stereocenters. The smallest absolute Gasteiger partial charge is 0.221 e. The first-order valence-electron chi connectivity index (χ1n) is 7.05. The Morgan fingerprint density at radius 1 is 1.06 bits per heavy atom. The molecule has 0 aliphatic rings. The highest BCUT2D eigenvalue weighted by Gasteiger charge is 2.11. The van der Waals surface area contributed by atoms with Gasteiger partial charge in [-0.1, -0.05) is 12.8 Å². The fourth-order valence-corrected chi connectivity index (χ4v) is 1.89. The minimum atomic E-state index is -0.0483. The van der Waals surface area contributed by atoms with Crippen molar-refractivity contribution in [1.82, 2.24) is 5.32 Å². The average Bonchev–Trinajstić information content (AvgIpc) is 2.29. The Morgan fingerprint density at radius 3 is 2.17 bits per heavy atom. The van der Waals surface area contributed by atoms with Gasteiger partial charge in [-0.05, 0) is 45.7 Å². The molecule has 0 heterocycles. The lowest BCUT2D eigenvalue weighted by molar-refractivity contribution is -0.122. The Morgan fingerprint density at radius 2 is 1.61 bits per heavy atom. The summed E-state index contributed by atoms with van der Waals surface area (Å²) >= 11 is 0. The number of carbonyl (C=O) groups excluding carboxylic acids is 1. The molecule has 0 saturated heterocycles. The van der Waals surface area contributed by atoms with E-state index < -0.39 is 0 Å². The van der Waals surface area contributed by atoms with Crippen LogP contribution in [0.15, 0.2) is 0 Å². The zero-order chi connectivity index (χ0) is 13.8. The van der Waals surface area contributed by atoms with E-state index in [9.17, 15) is 4.79 Å². The van der Waals surface area contributed by atoms with Crippen molar-refractivity contribution in [3.63, 3.8) is 0 Å². The van der Waals surface area contributed by atoms with Gasteiger partial charge in [0.15, 0.2) is 0 Å². The van der Waals surface area contributed by atoms with Gasteiger partial charge in [0.05, 0.1) is 0 Å². The third-order valence-electron chi connectivity index (χ3n) is 2.98. The van der Waals surface area contributed by atoms with Crippen LogP contribution in [0.1, 0.15) is 51.9 Å². The standard InChI is InChI=1S/C13H30N4O/c1-11(6-2-4-8-14)17-13(18)10-12(16)7-3-5-9-15/h11-12H,2-10,14-16H2,1H3,(H,17,18). The van der Waals surface area contributed by atoms with Crippen molar-refractivity contribution in [2.75, 3.05) is 13.1 Å². The van der Waals surface area contributed by atoms with Crippen molar-refractivity contribution < 1.29 is 4.79 Å². The molecule has 0 radical (unpaired) electrons. The Kier molecular flexibility index (Phi) is 11.0. The molecule has 0 aliphatic carbocycles. The van der Waals surface area contributed by atoms with E-state index >= 15 is 0 Å². The largest absolute Gasteiger partial charge is 0.354 e. The van der Waals surface area contributed by atoms with E-state index in [0.29, 0.717) is 19.5 Å². The fourth-order valence-electron chi connectivity index (χ4n) is 1.89. The van der Waals surface area contributed by atoms with Gasteiger partial charge in [0, 0.05) is 18.5 Å². The molecule has 18 heavy (non-hydrogen) atoms. The molecule has 5 heteroatoms. The predicted octanol–water partition coefficient (Wildman–Crippen LogP) is 0.467. The maximum absolute atomic E-state index is 11.7.